The van der Waals surface area contributed by atoms with Crippen LogP contribution in [0.2, 0.25) is 0 Å². The van der Waals surface area contributed by atoms with E-state index in [1.165, 1.54) is 5.56 Å². The number of rotatable bonds is 6. The van der Waals surface area contributed by atoms with Crippen molar-refractivity contribution in [3.8, 4) is 0 Å². The average molecular weight is 425 g/mol. The van der Waals surface area contributed by atoms with Crippen LogP contribution >= 0.6 is 24.8 Å². The first-order valence-electron chi connectivity index (χ1n) is 8.79. The van der Waals surface area contributed by atoms with Crippen LogP contribution in [0.15, 0.2) is 54.6 Å². The molecule has 1 fully saturated rings. The Morgan fingerprint density at radius 2 is 1.43 bits per heavy atom. The van der Waals surface area contributed by atoms with Crippen LogP contribution in [0.4, 0.5) is 5.69 Å². The fourth-order valence-corrected chi connectivity index (χ4v) is 3.15. The summed E-state index contributed by atoms with van der Waals surface area (Å²) >= 11 is 0. The summed E-state index contributed by atoms with van der Waals surface area (Å²) in [5, 5.41) is 2.80. The standard InChI is InChI=1S/C20H24N4O2.2ClH/c21-20(26)17-8-4-5-9-18(17)22-19(25)15-24-12-10-23(11-13-24)14-16-6-2-1-3-7-16;;/h1-9H,10-15H2,(H2,21,26)(H,22,25);2*1H. The minimum Gasteiger partial charge on any atom is -0.366 e. The van der Waals surface area contributed by atoms with Crippen molar-refractivity contribution in [1.82, 2.24) is 9.80 Å². The van der Waals surface area contributed by atoms with Crippen LogP contribution < -0.4 is 11.1 Å². The van der Waals surface area contributed by atoms with Crippen LogP contribution in [0.3, 0.4) is 0 Å². The largest absolute Gasteiger partial charge is 0.366 e. The maximum Gasteiger partial charge on any atom is 0.250 e. The lowest BCUT2D eigenvalue weighted by Crippen LogP contribution is -2.48. The average Bonchev–Trinajstić information content (AvgIpc) is 2.64. The zero-order valence-corrected chi connectivity index (χ0v) is 17.2. The molecule has 0 atom stereocenters. The van der Waals surface area contributed by atoms with Crippen molar-refractivity contribution in [3.05, 3.63) is 65.7 Å². The maximum atomic E-state index is 12.3. The monoisotopic (exact) mass is 424 g/mol. The highest BCUT2D eigenvalue weighted by molar-refractivity contribution is 6.03. The number of amides is 2. The lowest BCUT2D eigenvalue weighted by atomic mass is 10.1. The normalized spacial score (nSPS) is 14.4. The van der Waals surface area contributed by atoms with E-state index in [0.29, 0.717) is 17.8 Å². The van der Waals surface area contributed by atoms with Crippen molar-refractivity contribution in [2.75, 3.05) is 38.0 Å². The number of piperazine rings is 1. The zero-order valence-electron chi connectivity index (χ0n) is 15.5. The highest BCUT2D eigenvalue weighted by atomic mass is 35.5. The van der Waals surface area contributed by atoms with Crippen molar-refractivity contribution in [2.45, 2.75) is 6.54 Å². The van der Waals surface area contributed by atoms with Crippen molar-refractivity contribution in [2.24, 2.45) is 5.73 Å². The summed E-state index contributed by atoms with van der Waals surface area (Å²) in [4.78, 5) is 28.3. The van der Waals surface area contributed by atoms with E-state index < -0.39 is 5.91 Å². The molecule has 0 saturated carbocycles. The Kier molecular flexibility index (Phi) is 9.96. The molecule has 1 heterocycles. The molecule has 0 radical (unpaired) electrons. The summed E-state index contributed by atoms with van der Waals surface area (Å²) in [5.41, 5.74) is 7.45. The van der Waals surface area contributed by atoms with Gasteiger partial charge in [-0.3, -0.25) is 19.4 Å². The number of para-hydroxylation sites is 1. The Morgan fingerprint density at radius 1 is 0.857 bits per heavy atom. The Hall–Kier alpha value is -2.12. The van der Waals surface area contributed by atoms with E-state index in [2.05, 4.69) is 39.4 Å². The first kappa shape index (κ1) is 23.9. The van der Waals surface area contributed by atoms with E-state index >= 15 is 0 Å². The third-order valence-corrected chi connectivity index (χ3v) is 4.55. The summed E-state index contributed by atoms with van der Waals surface area (Å²) in [6, 6.07) is 17.2. The summed E-state index contributed by atoms with van der Waals surface area (Å²) in [6.07, 6.45) is 0. The van der Waals surface area contributed by atoms with Crippen molar-refractivity contribution in [3.63, 3.8) is 0 Å². The van der Waals surface area contributed by atoms with Gasteiger partial charge in [0.1, 0.15) is 0 Å². The fourth-order valence-electron chi connectivity index (χ4n) is 3.15. The Bertz CT molecular complexity index is 766. The van der Waals surface area contributed by atoms with Crippen LogP contribution in [-0.4, -0.2) is 54.3 Å². The second-order valence-electron chi connectivity index (χ2n) is 6.50. The van der Waals surface area contributed by atoms with Crippen LogP contribution in [0.5, 0.6) is 0 Å². The van der Waals surface area contributed by atoms with E-state index in [1.807, 2.05) is 6.07 Å². The van der Waals surface area contributed by atoms with Crippen molar-refractivity contribution >= 4 is 42.3 Å². The molecule has 0 unspecified atom stereocenters. The van der Waals surface area contributed by atoms with Gasteiger partial charge in [-0.2, -0.15) is 0 Å². The van der Waals surface area contributed by atoms with Crippen LogP contribution in [0, 0.1) is 0 Å². The summed E-state index contributed by atoms with van der Waals surface area (Å²) < 4.78 is 0. The van der Waals surface area contributed by atoms with Gasteiger partial charge >= 0.3 is 0 Å². The number of carbonyl (C=O) groups excluding carboxylic acids is 2. The molecule has 8 heteroatoms. The minimum atomic E-state index is -0.546. The van der Waals surface area contributed by atoms with Gasteiger partial charge in [0.15, 0.2) is 0 Å². The Balaban J connectivity index is 0.00000196. The van der Waals surface area contributed by atoms with Gasteiger partial charge in [0, 0.05) is 32.7 Å². The number of hydrogen-bond donors (Lipinski definition) is 2. The van der Waals surface area contributed by atoms with Gasteiger partial charge in [-0.1, -0.05) is 42.5 Å². The molecule has 152 valence electrons. The van der Waals surface area contributed by atoms with E-state index in [-0.39, 0.29) is 30.7 Å². The Morgan fingerprint density at radius 3 is 2.07 bits per heavy atom. The third-order valence-electron chi connectivity index (χ3n) is 4.55. The Labute approximate surface area is 177 Å². The zero-order chi connectivity index (χ0) is 18.4. The van der Waals surface area contributed by atoms with Crippen LogP contribution in [0.25, 0.3) is 0 Å². The first-order chi connectivity index (χ1) is 12.6. The molecule has 0 bridgehead atoms. The molecule has 2 aromatic rings. The van der Waals surface area contributed by atoms with Gasteiger partial charge in [0.25, 0.3) is 5.91 Å². The molecule has 3 rings (SSSR count). The number of nitrogens with two attached hydrogens (primary N) is 1. The van der Waals surface area contributed by atoms with E-state index in [4.69, 9.17) is 5.73 Å². The lowest BCUT2D eigenvalue weighted by Gasteiger charge is -2.34. The topological polar surface area (TPSA) is 78.7 Å². The lowest BCUT2D eigenvalue weighted by molar-refractivity contribution is -0.117. The fraction of sp³-hybridized carbons (Fsp3) is 0.300. The van der Waals surface area contributed by atoms with Gasteiger partial charge in [-0.25, -0.2) is 0 Å². The molecule has 1 aliphatic heterocycles. The molecule has 0 spiro atoms. The number of halogens is 2. The third kappa shape index (κ3) is 6.80. The van der Waals surface area contributed by atoms with Gasteiger partial charge in [-0.15, -0.1) is 24.8 Å². The second kappa shape index (κ2) is 11.7. The smallest absolute Gasteiger partial charge is 0.250 e. The summed E-state index contributed by atoms with van der Waals surface area (Å²) in [5.74, 6) is -0.675. The van der Waals surface area contributed by atoms with Crippen LogP contribution in [0.1, 0.15) is 15.9 Å². The molecule has 6 nitrogen and oxygen atoms in total. The number of benzene rings is 2. The predicted octanol–water partition coefficient (Wildman–Crippen LogP) is 2.39. The molecule has 1 aliphatic rings. The number of nitrogens with one attached hydrogen (secondary N) is 1. The first-order valence-corrected chi connectivity index (χ1v) is 8.79. The predicted molar refractivity (Wildman–Crippen MR) is 116 cm³/mol. The number of nitrogens with zero attached hydrogens (tertiary/aromatic N) is 2. The van der Waals surface area contributed by atoms with Gasteiger partial charge in [-0.05, 0) is 17.7 Å². The molecule has 28 heavy (non-hydrogen) atoms. The van der Waals surface area contributed by atoms with Crippen molar-refractivity contribution in [1.29, 1.82) is 0 Å². The number of carbonyl (C=O) groups is 2. The molecule has 2 aromatic carbocycles. The molecule has 2 amide bonds. The molecule has 0 aromatic heterocycles. The highest BCUT2D eigenvalue weighted by Crippen LogP contribution is 2.14. The van der Waals surface area contributed by atoms with Crippen LogP contribution in [-0.2, 0) is 11.3 Å². The summed E-state index contributed by atoms with van der Waals surface area (Å²) in [6.45, 7) is 4.80. The van der Waals surface area contributed by atoms with Gasteiger partial charge in [0.05, 0.1) is 17.8 Å². The summed E-state index contributed by atoms with van der Waals surface area (Å²) in [7, 11) is 0. The number of anilines is 1. The van der Waals surface area contributed by atoms with E-state index in [1.54, 1.807) is 24.3 Å². The molecule has 3 N–H and O–H groups in total. The highest BCUT2D eigenvalue weighted by Gasteiger charge is 2.19. The number of hydrogen-bond acceptors (Lipinski definition) is 4. The molecule has 1 saturated heterocycles. The van der Waals surface area contributed by atoms with E-state index in [0.717, 1.165) is 32.7 Å². The SMILES string of the molecule is Cl.Cl.NC(=O)c1ccccc1NC(=O)CN1CCN(Cc2ccccc2)CC1. The number of primary amides is 1. The molecular weight excluding hydrogens is 399 g/mol. The van der Waals surface area contributed by atoms with Crippen molar-refractivity contribution < 1.29 is 9.59 Å². The maximum absolute atomic E-state index is 12.3. The van der Waals surface area contributed by atoms with Gasteiger partial charge in [0.2, 0.25) is 5.91 Å². The minimum absolute atomic E-state index is 0. The quantitative estimate of drug-likeness (QED) is 0.745. The molecular formula is C20H26Cl2N4O2. The van der Waals surface area contributed by atoms with Gasteiger partial charge < -0.3 is 11.1 Å². The van der Waals surface area contributed by atoms with E-state index in [9.17, 15) is 9.59 Å². The second-order valence-corrected chi connectivity index (χ2v) is 6.50. The molecule has 0 aliphatic carbocycles.